The van der Waals surface area contributed by atoms with Gasteiger partial charge in [-0.15, -0.1) is 0 Å². The molecule has 1 aromatic rings. The molecule has 0 heterocycles. The number of carboxylic acids is 2. The van der Waals surface area contributed by atoms with E-state index >= 15 is 0 Å². The van der Waals surface area contributed by atoms with Gasteiger partial charge in [0.2, 0.25) is 0 Å². The van der Waals surface area contributed by atoms with E-state index in [0.29, 0.717) is 73.6 Å². The van der Waals surface area contributed by atoms with Crippen LogP contribution in [0.5, 0.6) is 0 Å². The van der Waals surface area contributed by atoms with Crippen LogP contribution in [0.2, 0.25) is 0 Å². The van der Waals surface area contributed by atoms with Gasteiger partial charge in [-0.25, -0.2) is 0 Å². The molecule has 0 fully saturated rings. The second kappa shape index (κ2) is 10.5. The Kier molecular flexibility index (Phi) is 8.11. The summed E-state index contributed by atoms with van der Waals surface area (Å²) < 4.78 is 0. The van der Waals surface area contributed by atoms with Gasteiger partial charge in [0.25, 0.3) is 0 Å². The standard InChI is InChI=1S/C22H26O6/c23-19(24)13-5-1-3-9-15-16(10-4-2-6-14-20(25)26)22(28)18-12-8-7-11-17(18)21(15)27/h7-8,11-12H,1-6,9-10,13-14H2,(H,23,24)(H,25,26). The molecule has 0 saturated heterocycles. The molecular formula is C22H26O6. The summed E-state index contributed by atoms with van der Waals surface area (Å²) >= 11 is 0. The monoisotopic (exact) mass is 386 g/mol. The molecule has 2 rings (SSSR count). The molecule has 28 heavy (non-hydrogen) atoms. The first-order chi connectivity index (χ1) is 13.4. The molecule has 1 aromatic carbocycles. The molecule has 2 N–H and O–H groups in total. The number of allylic oxidation sites excluding steroid dienone is 2. The number of ketones is 2. The van der Waals surface area contributed by atoms with Crippen molar-refractivity contribution < 1.29 is 29.4 Å². The highest BCUT2D eigenvalue weighted by molar-refractivity contribution is 6.26. The van der Waals surface area contributed by atoms with E-state index in [0.717, 1.165) is 0 Å². The lowest BCUT2D eigenvalue weighted by molar-refractivity contribution is -0.138. The predicted octanol–water partition coefficient (Wildman–Crippen LogP) is 4.43. The number of hydrogen-bond donors (Lipinski definition) is 2. The summed E-state index contributed by atoms with van der Waals surface area (Å²) in [5.74, 6) is -1.90. The summed E-state index contributed by atoms with van der Waals surface area (Å²) in [4.78, 5) is 47.1. The number of aliphatic carboxylic acids is 2. The first kappa shape index (κ1) is 21.5. The molecule has 0 aromatic heterocycles. The maximum Gasteiger partial charge on any atom is 0.303 e. The van der Waals surface area contributed by atoms with Gasteiger partial charge >= 0.3 is 11.9 Å². The summed E-state index contributed by atoms with van der Waals surface area (Å²) in [6, 6.07) is 6.82. The third kappa shape index (κ3) is 5.87. The van der Waals surface area contributed by atoms with Gasteiger partial charge in [0, 0.05) is 35.1 Å². The summed E-state index contributed by atoms with van der Waals surface area (Å²) in [5.41, 5.74) is 1.94. The summed E-state index contributed by atoms with van der Waals surface area (Å²) in [7, 11) is 0. The van der Waals surface area contributed by atoms with Gasteiger partial charge in [-0.3, -0.25) is 19.2 Å². The van der Waals surface area contributed by atoms with E-state index in [1.807, 2.05) is 0 Å². The fraction of sp³-hybridized carbons (Fsp3) is 0.455. The number of benzene rings is 1. The third-order valence-corrected chi connectivity index (χ3v) is 4.96. The van der Waals surface area contributed by atoms with Crippen molar-refractivity contribution in [2.45, 2.75) is 64.2 Å². The highest BCUT2D eigenvalue weighted by Gasteiger charge is 2.30. The zero-order valence-electron chi connectivity index (χ0n) is 15.9. The average molecular weight is 386 g/mol. The van der Waals surface area contributed by atoms with Gasteiger partial charge in [-0.05, 0) is 38.5 Å². The van der Waals surface area contributed by atoms with Gasteiger partial charge in [0.15, 0.2) is 11.6 Å². The van der Waals surface area contributed by atoms with Crippen LogP contribution in [0.3, 0.4) is 0 Å². The normalized spacial score (nSPS) is 13.6. The molecule has 6 heteroatoms. The quantitative estimate of drug-likeness (QED) is 0.514. The number of unbranched alkanes of at least 4 members (excludes halogenated alkanes) is 4. The third-order valence-electron chi connectivity index (χ3n) is 4.96. The Hall–Kier alpha value is -2.76. The van der Waals surface area contributed by atoms with Gasteiger partial charge in [-0.2, -0.15) is 0 Å². The van der Waals surface area contributed by atoms with Gasteiger partial charge < -0.3 is 10.2 Å². The highest BCUT2D eigenvalue weighted by atomic mass is 16.4. The van der Waals surface area contributed by atoms with E-state index in [1.165, 1.54) is 0 Å². The number of carbonyl (C=O) groups is 4. The van der Waals surface area contributed by atoms with Crippen molar-refractivity contribution in [3.8, 4) is 0 Å². The number of Topliss-reactive ketones (excluding diaryl/α,β-unsaturated/α-hetero) is 2. The second-order valence-electron chi connectivity index (χ2n) is 7.07. The first-order valence-corrected chi connectivity index (χ1v) is 9.76. The minimum absolute atomic E-state index is 0.102. The lowest BCUT2D eigenvalue weighted by atomic mass is 9.80. The number of carboxylic acid groups (broad SMARTS) is 2. The van der Waals surface area contributed by atoms with Crippen LogP contribution in [0.1, 0.15) is 84.9 Å². The fourth-order valence-electron chi connectivity index (χ4n) is 3.52. The first-order valence-electron chi connectivity index (χ1n) is 9.76. The highest BCUT2D eigenvalue weighted by Crippen LogP contribution is 2.32. The number of carbonyl (C=O) groups excluding carboxylic acids is 2. The maximum absolute atomic E-state index is 12.9. The van der Waals surface area contributed by atoms with Crippen LogP contribution in [-0.4, -0.2) is 33.7 Å². The van der Waals surface area contributed by atoms with Crippen LogP contribution >= 0.6 is 0 Å². The van der Waals surface area contributed by atoms with Gasteiger partial charge in [0.1, 0.15) is 0 Å². The molecule has 0 saturated carbocycles. The van der Waals surface area contributed by atoms with Crippen molar-refractivity contribution in [2.24, 2.45) is 0 Å². The SMILES string of the molecule is O=C(O)CCCCCC1=C(CCCCCC(=O)O)C(=O)c2ccccc2C1=O. The van der Waals surface area contributed by atoms with Crippen LogP contribution in [0.25, 0.3) is 0 Å². The van der Waals surface area contributed by atoms with Gasteiger partial charge in [-0.1, -0.05) is 37.1 Å². The minimum Gasteiger partial charge on any atom is -0.481 e. The largest absolute Gasteiger partial charge is 0.481 e. The Morgan fingerprint density at radius 1 is 0.643 bits per heavy atom. The smallest absolute Gasteiger partial charge is 0.303 e. The molecule has 1 aliphatic carbocycles. The molecule has 0 bridgehead atoms. The average Bonchev–Trinajstić information content (AvgIpc) is 2.66. The molecule has 0 unspecified atom stereocenters. The van der Waals surface area contributed by atoms with Gasteiger partial charge in [0.05, 0.1) is 0 Å². The Bertz CT molecular complexity index is 725. The number of fused-ring (bicyclic) bond motifs is 1. The van der Waals surface area contributed by atoms with E-state index in [2.05, 4.69) is 0 Å². The molecule has 0 atom stereocenters. The predicted molar refractivity (Wildman–Crippen MR) is 104 cm³/mol. The summed E-state index contributed by atoms with van der Waals surface area (Å²) in [6.07, 6.45) is 4.91. The Labute approximate surface area is 164 Å². The molecule has 0 radical (unpaired) electrons. The Balaban J connectivity index is 2.09. The summed E-state index contributed by atoms with van der Waals surface area (Å²) in [5, 5.41) is 17.4. The zero-order valence-corrected chi connectivity index (χ0v) is 15.9. The van der Waals surface area contributed by atoms with Crippen LogP contribution in [0, 0.1) is 0 Å². The minimum atomic E-state index is -0.834. The summed E-state index contributed by atoms with van der Waals surface area (Å²) in [6.45, 7) is 0. The molecule has 6 nitrogen and oxygen atoms in total. The Morgan fingerprint density at radius 3 is 1.39 bits per heavy atom. The van der Waals surface area contributed by atoms with E-state index in [9.17, 15) is 19.2 Å². The maximum atomic E-state index is 12.9. The lowest BCUT2D eigenvalue weighted by Crippen LogP contribution is -2.22. The topological polar surface area (TPSA) is 109 Å². The van der Waals surface area contributed by atoms with Crippen molar-refractivity contribution in [1.29, 1.82) is 0 Å². The molecule has 0 aliphatic heterocycles. The van der Waals surface area contributed by atoms with E-state index in [4.69, 9.17) is 10.2 Å². The molecule has 150 valence electrons. The number of hydrogen-bond acceptors (Lipinski definition) is 4. The van der Waals surface area contributed by atoms with E-state index in [-0.39, 0.29) is 24.4 Å². The van der Waals surface area contributed by atoms with Crippen molar-refractivity contribution in [3.63, 3.8) is 0 Å². The van der Waals surface area contributed by atoms with E-state index < -0.39 is 11.9 Å². The van der Waals surface area contributed by atoms with Crippen molar-refractivity contribution in [2.75, 3.05) is 0 Å². The lowest BCUT2D eigenvalue weighted by Gasteiger charge is -2.21. The van der Waals surface area contributed by atoms with Crippen LogP contribution in [0.4, 0.5) is 0 Å². The Morgan fingerprint density at radius 2 is 1.04 bits per heavy atom. The number of rotatable bonds is 12. The second-order valence-corrected chi connectivity index (χ2v) is 7.07. The van der Waals surface area contributed by atoms with Crippen molar-refractivity contribution >= 4 is 23.5 Å². The van der Waals surface area contributed by atoms with Crippen molar-refractivity contribution in [3.05, 3.63) is 46.5 Å². The van der Waals surface area contributed by atoms with E-state index in [1.54, 1.807) is 24.3 Å². The van der Waals surface area contributed by atoms with Crippen LogP contribution < -0.4 is 0 Å². The molecule has 0 amide bonds. The molecular weight excluding hydrogens is 360 g/mol. The van der Waals surface area contributed by atoms with Crippen LogP contribution in [0.15, 0.2) is 35.4 Å². The van der Waals surface area contributed by atoms with Crippen molar-refractivity contribution in [1.82, 2.24) is 0 Å². The molecule has 0 spiro atoms. The molecule has 1 aliphatic rings. The van der Waals surface area contributed by atoms with Crippen LogP contribution in [-0.2, 0) is 9.59 Å². The fourth-order valence-corrected chi connectivity index (χ4v) is 3.52. The zero-order chi connectivity index (χ0) is 20.5.